The van der Waals surface area contributed by atoms with Crippen LogP contribution in [0.2, 0.25) is 0 Å². The molecule has 0 aliphatic carbocycles. The zero-order valence-electron chi connectivity index (χ0n) is 16.0. The highest BCUT2D eigenvalue weighted by molar-refractivity contribution is 7.89. The van der Waals surface area contributed by atoms with Gasteiger partial charge in [0.25, 0.3) is 11.8 Å². The van der Waals surface area contributed by atoms with E-state index in [-0.39, 0.29) is 41.5 Å². The Labute approximate surface area is 169 Å². The van der Waals surface area contributed by atoms with Gasteiger partial charge in [0.1, 0.15) is 5.69 Å². The molecule has 1 aromatic heterocycles. The molecule has 1 aliphatic rings. The highest BCUT2D eigenvalue weighted by Gasteiger charge is 2.32. The number of nitrogens with zero attached hydrogens (tertiary/aromatic N) is 2. The molecule has 10 heteroatoms. The second-order valence-electron chi connectivity index (χ2n) is 6.73. The maximum absolute atomic E-state index is 12.8. The second-order valence-corrected chi connectivity index (χ2v) is 8.66. The predicted molar refractivity (Wildman–Crippen MR) is 104 cm³/mol. The van der Waals surface area contributed by atoms with Gasteiger partial charge in [0.05, 0.1) is 17.1 Å². The third kappa shape index (κ3) is 4.97. The van der Waals surface area contributed by atoms with Crippen LogP contribution in [-0.4, -0.2) is 54.8 Å². The number of aromatic nitrogens is 1. The average molecular weight is 418 g/mol. The number of hydrogen-bond donors (Lipinski definition) is 2. The number of rotatable bonds is 4. The highest BCUT2D eigenvalue weighted by atomic mass is 32.2. The van der Waals surface area contributed by atoms with E-state index in [1.807, 2.05) is 13.8 Å². The number of hydrazine groups is 1. The molecule has 1 aromatic carbocycles. The molecule has 3 rings (SSSR count). The van der Waals surface area contributed by atoms with Crippen molar-refractivity contribution >= 4 is 21.8 Å². The Morgan fingerprint density at radius 3 is 2.21 bits per heavy atom. The SMILES string of the molecule is C[C@@H]1CN(S(=O)(=O)c2ccc(C(=O)NNC(=O)c3ccccn3)cc2)C[C@H](C)O1. The van der Waals surface area contributed by atoms with E-state index >= 15 is 0 Å². The van der Waals surface area contributed by atoms with Crippen LogP contribution < -0.4 is 10.9 Å². The first kappa shape index (κ1) is 20.9. The summed E-state index contributed by atoms with van der Waals surface area (Å²) in [7, 11) is -3.69. The molecular weight excluding hydrogens is 396 g/mol. The van der Waals surface area contributed by atoms with Gasteiger partial charge in [-0.1, -0.05) is 6.07 Å². The zero-order valence-corrected chi connectivity index (χ0v) is 16.8. The third-order valence-corrected chi connectivity index (χ3v) is 6.17. The smallest absolute Gasteiger partial charge is 0.288 e. The van der Waals surface area contributed by atoms with Crippen LogP contribution in [-0.2, 0) is 14.8 Å². The first-order valence-electron chi connectivity index (χ1n) is 9.05. The van der Waals surface area contributed by atoms with Gasteiger partial charge in [-0.2, -0.15) is 4.31 Å². The summed E-state index contributed by atoms with van der Waals surface area (Å²) in [5.74, 6) is -1.14. The summed E-state index contributed by atoms with van der Waals surface area (Å²) in [6.07, 6.45) is 1.08. The zero-order chi connectivity index (χ0) is 21.0. The van der Waals surface area contributed by atoms with Crippen LogP contribution in [0.25, 0.3) is 0 Å². The van der Waals surface area contributed by atoms with Crippen LogP contribution >= 0.6 is 0 Å². The first-order chi connectivity index (χ1) is 13.8. The predicted octanol–water partition coefficient (Wildman–Crippen LogP) is 0.954. The quantitative estimate of drug-likeness (QED) is 0.714. The number of benzene rings is 1. The van der Waals surface area contributed by atoms with E-state index < -0.39 is 21.8 Å². The lowest BCUT2D eigenvalue weighted by Gasteiger charge is -2.34. The largest absolute Gasteiger partial charge is 0.373 e. The van der Waals surface area contributed by atoms with Crippen molar-refractivity contribution in [2.75, 3.05) is 13.1 Å². The van der Waals surface area contributed by atoms with E-state index in [9.17, 15) is 18.0 Å². The average Bonchev–Trinajstić information content (AvgIpc) is 2.71. The molecule has 2 N–H and O–H groups in total. The molecular formula is C19H22N4O5S. The summed E-state index contributed by atoms with van der Waals surface area (Å²) in [6, 6.07) is 10.4. The van der Waals surface area contributed by atoms with Gasteiger partial charge >= 0.3 is 0 Å². The number of carbonyl (C=O) groups excluding carboxylic acids is 2. The van der Waals surface area contributed by atoms with Gasteiger partial charge in [0.15, 0.2) is 0 Å². The summed E-state index contributed by atoms with van der Waals surface area (Å²) in [6.45, 7) is 4.19. The van der Waals surface area contributed by atoms with Crippen molar-refractivity contribution in [3.05, 3.63) is 59.9 Å². The van der Waals surface area contributed by atoms with Crippen molar-refractivity contribution in [1.82, 2.24) is 20.1 Å². The Morgan fingerprint density at radius 1 is 1.00 bits per heavy atom. The molecule has 0 unspecified atom stereocenters. The number of hydrogen-bond acceptors (Lipinski definition) is 6. The van der Waals surface area contributed by atoms with E-state index in [1.165, 1.54) is 40.8 Å². The Kier molecular flexibility index (Phi) is 6.26. The molecule has 29 heavy (non-hydrogen) atoms. The fourth-order valence-corrected chi connectivity index (χ4v) is 4.59. The van der Waals surface area contributed by atoms with Gasteiger partial charge < -0.3 is 4.74 Å². The highest BCUT2D eigenvalue weighted by Crippen LogP contribution is 2.21. The molecule has 2 atom stereocenters. The lowest BCUT2D eigenvalue weighted by molar-refractivity contribution is -0.0440. The molecule has 154 valence electrons. The topological polar surface area (TPSA) is 118 Å². The van der Waals surface area contributed by atoms with Gasteiger partial charge in [-0.05, 0) is 50.2 Å². The fraction of sp³-hybridized carbons (Fsp3) is 0.316. The van der Waals surface area contributed by atoms with Crippen molar-refractivity contribution in [1.29, 1.82) is 0 Å². The van der Waals surface area contributed by atoms with Crippen molar-refractivity contribution in [2.24, 2.45) is 0 Å². The summed E-state index contributed by atoms with van der Waals surface area (Å²) in [4.78, 5) is 28.1. The van der Waals surface area contributed by atoms with E-state index in [2.05, 4.69) is 15.8 Å². The molecule has 1 fully saturated rings. The fourth-order valence-electron chi connectivity index (χ4n) is 3.00. The number of ether oxygens (including phenoxy) is 1. The number of carbonyl (C=O) groups is 2. The summed E-state index contributed by atoms with van der Waals surface area (Å²) >= 11 is 0. The van der Waals surface area contributed by atoms with Crippen molar-refractivity contribution in [2.45, 2.75) is 31.0 Å². The Bertz CT molecular complexity index is 969. The Balaban J connectivity index is 1.64. The number of amides is 2. The third-order valence-electron chi connectivity index (χ3n) is 4.33. The standard InChI is InChI=1S/C19H22N4O5S/c1-13-11-23(12-14(2)28-13)29(26,27)16-8-6-15(7-9-16)18(24)21-22-19(25)17-5-3-4-10-20-17/h3-10,13-14H,11-12H2,1-2H3,(H,21,24)(H,22,25)/t13-,14+. The van der Waals surface area contributed by atoms with Crippen LogP contribution in [0.1, 0.15) is 34.7 Å². The Morgan fingerprint density at radius 2 is 1.62 bits per heavy atom. The van der Waals surface area contributed by atoms with E-state index in [0.717, 1.165) is 0 Å². The molecule has 2 aromatic rings. The summed E-state index contributed by atoms with van der Waals surface area (Å²) < 4.78 is 32.6. The first-order valence-corrected chi connectivity index (χ1v) is 10.5. The summed E-state index contributed by atoms with van der Waals surface area (Å²) in [5, 5.41) is 0. The molecule has 0 spiro atoms. The van der Waals surface area contributed by atoms with Gasteiger partial charge in [0, 0.05) is 24.8 Å². The number of nitrogens with one attached hydrogen (secondary N) is 2. The van der Waals surface area contributed by atoms with Crippen LogP contribution in [0.15, 0.2) is 53.6 Å². The minimum Gasteiger partial charge on any atom is -0.373 e. The molecule has 1 aliphatic heterocycles. The van der Waals surface area contributed by atoms with Crippen LogP contribution in [0.4, 0.5) is 0 Å². The molecule has 2 amide bonds. The number of sulfonamides is 1. The van der Waals surface area contributed by atoms with Crippen molar-refractivity contribution < 1.29 is 22.7 Å². The molecule has 0 radical (unpaired) electrons. The van der Waals surface area contributed by atoms with Crippen LogP contribution in [0, 0.1) is 0 Å². The van der Waals surface area contributed by atoms with Crippen molar-refractivity contribution in [3.8, 4) is 0 Å². The van der Waals surface area contributed by atoms with Crippen LogP contribution in [0.3, 0.4) is 0 Å². The minimum absolute atomic E-state index is 0.0906. The molecule has 0 bridgehead atoms. The number of pyridine rings is 1. The van der Waals surface area contributed by atoms with Gasteiger partial charge in [-0.3, -0.25) is 25.4 Å². The summed E-state index contributed by atoms with van der Waals surface area (Å²) in [5.41, 5.74) is 4.90. The lowest BCUT2D eigenvalue weighted by atomic mass is 10.2. The number of morpholine rings is 1. The Hall–Kier alpha value is -2.82. The van der Waals surface area contributed by atoms with Gasteiger partial charge in [-0.25, -0.2) is 8.42 Å². The second kappa shape index (κ2) is 8.68. The molecule has 0 saturated carbocycles. The van der Waals surface area contributed by atoms with E-state index in [0.29, 0.717) is 0 Å². The van der Waals surface area contributed by atoms with Gasteiger partial charge in [0.2, 0.25) is 10.0 Å². The maximum atomic E-state index is 12.8. The normalized spacial score (nSPS) is 20.1. The van der Waals surface area contributed by atoms with E-state index in [1.54, 1.807) is 12.1 Å². The monoisotopic (exact) mass is 418 g/mol. The van der Waals surface area contributed by atoms with Crippen LogP contribution in [0.5, 0.6) is 0 Å². The lowest BCUT2D eigenvalue weighted by Crippen LogP contribution is -2.48. The minimum atomic E-state index is -3.69. The van der Waals surface area contributed by atoms with Crippen molar-refractivity contribution in [3.63, 3.8) is 0 Å². The maximum Gasteiger partial charge on any atom is 0.288 e. The molecule has 1 saturated heterocycles. The van der Waals surface area contributed by atoms with E-state index in [4.69, 9.17) is 4.74 Å². The van der Waals surface area contributed by atoms with Gasteiger partial charge in [-0.15, -0.1) is 0 Å². The molecule has 9 nitrogen and oxygen atoms in total. The molecule has 2 heterocycles.